The number of nitrogens with zero attached hydrogens (tertiary/aromatic N) is 1. The Morgan fingerprint density at radius 3 is 2.07 bits per heavy atom. The van der Waals surface area contributed by atoms with E-state index < -0.39 is 11.7 Å². The molecule has 0 aliphatic carbocycles. The minimum Gasteiger partial charge on any atom is -0.493 e. The summed E-state index contributed by atoms with van der Waals surface area (Å²) in [6.07, 6.45) is 6.59. The van der Waals surface area contributed by atoms with Crippen molar-refractivity contribution in [3.8, 4) is 34.0 Å². The molecule has 0 bridgehead atoms. The van der Waals surface area contributed by atoms with Crippen molar-refractivity contribution in [2.75, 3.05) is 33.4 Å². The van der Waals surface area contributed by atoms with Gasteiger partial charge in [-0.15, -0.1) is 0 Å². The van der Waals surface area contributed by atoms with Crippen LogP contribution in [0.1, 0.15) is 83.3 Å². The van der Waals surface area contributed by atoms with E-state index in [9.17, 15) is 14.4 Å². The molecule has 10 heteroatoms. The highest BCUT2D eigenvalue weighted by atomic mass is 16.6. The number of nitrogens with one attached hydrogen (secondary N) is 2. The Kier molecular flexibility index (Phi) is 17.5. The van der Waals surface area contributed by atoms with Crippen molar-refractivity contribution in [2.45, 2.75) is 90.6 Å². The first-order valence-electron chi connectivity index (χ1n) is 19.4. The number of aryl methyl sites for hydroxylation is 1. The van der Waals surface area contributed by atoms with Gasteiger partial charge in [-0.05, 0) is 93.7 Å². The Hall–Kier alpha value is -5.38. The van der Waals surface area contributed by atoms with Crippen molar-refractivity contribution in [1.29, 1.82) is 0 Å². The van der Waals surface area contributed by atoms with Crippen molar-refractivity contribution in [1.82, 2.24) is 15.6 Å². The van der Waals surface area contributed by atoms with Crippen molar-refractivity contribution < 1.29 is 33.3 Å². The maximum atomic E-state index is 12.3. The summed E-state index contributed by atoms with van der Waals surface area (Å²) in [7, 11) is 1.40. The lowest BCUT2D eigenvalue weighted by atomic mass is 9.97. The Balaban J connectivity index is 1.21. The van der Waals surface area contributed by atoms with Crippen LogP contribution in [0.4, 0.5) is 4.79 Å². The molecule has 294 valence electrons. The number of carbonyl (C=O) groups excluding carboxylic acids is 3. The van der Waals surface area contributed by atoms with Crippen molar-refractivity contribution in [2.24, 2.45) is 0 Å². The van der Waals surface area contributed by atoms with Crippen molar-refractivity contribution in [3.05, 3.63) is 102 Å². The van der Waals surface area contributed by atoms with E-state index in [1.165, 1.54) is 7.11 Å². The summed E-state index contributed by atoms with van der Waals surface area (Å²) >= 11 is 0. The number of unbranched alkanes of at least 4 members (excludes halogenated alkanes) is 3. The molecule has 1 heterocycles. The molecule has 0 unspecified atom stereocenters. The highest BCUT2D eigenvalue weighted by molar-refractivity contribution is 5.76. The lowest BCUT2D eigenvalue weighted by molar-refractivity contribution is -0.140. The normalized spacial score (nSPS) is 11.1. The van der Waals surface area contributed by atoms with Gasteiger partial charge in [-0.2, -0.15) is 0 Å². The molecule has 0 radical (unpaired) electrons. The summed E-state index contributed by atoms with van der Waals surface area (Å²) in [5, 5.41) is 5.57. The molecule has 0 aliphatic rings. The molecule has 0 saturated carbocycles. The van der Waals surface area contributed by atoms with Crippen LogP contribution < -0.4 is 20.1 Å². The summed E-state index contributed by atoms with van der Waals surface area (Å²) in [5.41, 5.74) is 5.74. The third-order valence-electron chi connectivity index (χ3n) is 8.76. The van der Waals surface area contributed by atoms with Gasteiger partial charge in [0, 0.05) is 37.6 Å². The first-order valence-corrected chi connectivity index (χ1v) is 19.4. The molecule has 0 aliphatic heterocycles. The molecule has 10 nitrogen and oxygen atoms in total. The zero-order chi connectivity index (χ0) is 39.3. The second kappa shape index (κ2) is 22.7. The molecule has 3 aromatic carbocycles. The van der Waals surface area contributed by atoms with Crippen LogP contribution in [0.3, 0.4) is 0 Å². The van der Waals surface area contributed by atoms with Crippen LogP contribution in [0.2, 0.25) is 0 Å². The van der Waals surface area contributed by atoms with Gasteiger partial charge in [0.1, 0.15) is 11.4 Å². The van der Waals surface area contributed by atoms with E-state index in [1.54, 1.807) is 0 Å². The van der Waals surface area contributed by atoms with E-state index in [2.05, 4.69) is 47.0 Å². The molecule has 0 saturated heterocycles. The number of pyridine rings is 1. The monoisotopic (exact) mass is 751 g/mol. The number of esters is 1. The number of benzene rings is 3. The lowest BCUT2D eigenvalue weighted by Gasteiger charge is -2.19. The number of hydrogen-bond acceptors (Lipinski definition) is 8. The fraction of sp³-hybridized carbons (Fsp3) is 0.422. The topological polar surface area (TPSA) is 125 Å². The summed E-state index contributed by atoms with van der Waals surface area (Å²) in [5.74, 6) is 1.03. The lowest BCUT2D eigenvalue weighted by Crippen LogP contribution is -2.34. The van der Waals surface area contributed by atoms with Gasteiger partial charge >= 0.3 is 12.1 Å². The predicted molar refractivity (Wildman–Crippen MR) is 216 cm³/mol. The summed E-state index contributed by atoms with van der Waals surface area (Å²) in [4.78, 5) is 41.0. The molecule has 2 amide bonds. The SMILES string of the molecule is COC(=O)CCc1c(CCCCCCOc2cc(-c3ccccc3)cc(-c3ccccc3)n2)cccc1OCCCC(=O)NCCCNC(=O)OC(C)(C)C. The molecule has 2 N–H and O–H groups in total. The van der Waals surface area contributed by atoms with Gasteiger partial charge in [-0.3, -0.25) is 9.59 Å². The van der Waals surface area contributed by atoms with Gasteiger partial charge in [0.15, 0.2) is 0 Å². The first kappa shape index (κ1) is 42.4. The Labute approximate surface area is 326 Å². The van der Waals surface area contributed by atoms with E-state index in [1.807, 2.05) is 75.4 Å². The van der Waals surface area contributed by atoms with Gasteiger partial charge in [-0.25, -0.2) is 9.78 Å². The quantitative estimate of drug-likeness (QED) is 0.0603. The number of alkyl carbamates (subject to hydrolysis) is 1. The zero-order valence-corrected chi connectivity index (χ0v) is 32.9. The van der Waals surface area contributed by atoms with Crippen LogP contribution in [0, 0.1) is 0 Å². The van der Waals surface area contributed by atoms with Gasteiger partial charge in [-0.1, -0.05) is 85.6 Å². The fourth-order valence-electron chi connectivity index (χ4n) is 6.00. The van der Waals surface area contributed by atoms with E-state index in [-0.39, 0.29) is 18.3 Å². The van der Waals surface area contributed by atoms with Crippen LogP contribution >= 0.6 is 0 Å². The molecule has 1 aromatic heterocycles. The molecular weight excluding hydrogens is 695 g/mol. The van der Waals surface area contributed by atoms with Crippen LogP contribution in [0.15, 0.2) is 91.0 Å². The maximum absolute atomic E-state index is 12.3. The Morgan fingerprint density at radius 1 is 0.655 bits per heavy atom. The Bertz CT molecular complexity index is 1720. The number of methoxy groups -OCH3 is 1. The van der Waals surface area contributed by atoms with Crippen molar-refractivity contribution in [3.63, 3.8) is 0 Å². The van der Waals surface area contributed by atoms with E-state index in [0.717, 1.165) is 71.4 Å². The number of aromatic nitrogens is 1. The summed E-state index contributed by atoms with van der Waals surface area (Å²) in [6.45, 7) is 7.25. The third kappa shape index (κ3) is 15.9. The van der Waals surface area contributed by atoms with Crippen LogP contribution in [-0.2, 0) is 31.9 Å². The highest BCUT2D eigenvalue weighted by Gasteiger charge is 2.16. The largest absolute Gasteiger partial charge is 0.493 e. The number of amides is 2. The second-order valence-electron chi connectivity index (χ2n) is 14.4. The molecule has 0 fully saturated rings. The summed E-state index contributed by atoms with van der Waals surface area (Å²) < 4.78 is 22.5. The van der Waals surface area contributed by atoms with Gasteiger partial charge in [0.2, 0.25) is 11.8 Å². The number of carbonyl (C=O) groups is 3. The number of rotatable bonds is 22. The molecule has 0 atom stereocenters. The molecule has 55 heavy (non-hydrogen) atoms. The summed E-state index contributed by atoms with van der Waals surface area (Å²) in [6, 6.07) is 30.6. The van der Waals surface area contributed by atoms with E-state index in [4.69, 9.17) is 23.9 Å². The van der Waals surface area contributed by atoms with Crippen LogP contribution in [0.5, 0.6) is 11.6 Å². The van der Waals surface area contributed by atoms with E-state index >= 15 is 0 Å². The molecule has 4 aromatic rings. The third-order valence-corrected chi connectivity index (χ3v) is 8.76. The standard InChI is InChI=1S/C45H57N3O7/c1-45(2,3)55-44(51)47-29-17-28-46-41(49)25-16-31-53-40-24-15-23-35(38(40)26-27-43(50)52-4)20-9-5-6-14-30-54-42-33-37(34-18-10-7-11-19-34)32-39(48-42)36-21-12-8-13-22-36/h7-8,10-13,15,18-19,21-24,32-33H,5-6,9,14,16-17,20,25-31H2,1-4H3,(H,46,49)(H,47,51). The molecule has 0 spiro atoms. The zero-order valence-electron chi connectivity index (χ0n) is 32.9. The smallest absolute Gasteiger partial charge is 0.407 e. The Morgan fingerprint density at radius 2 is 1.35 bits per heavy atom. The van der Waals surface area contributed by atoms with E-state index in [0.29, 0.717) is 57.9 Å². The number of ether oxygens (including phenoxy) is 4. The van der Waals surface area contributed by atoms with Crippen LogP contribution in [0.25, 0.3) is 22.4 Å². The highest BCUT2D eigenvalue weighted by Crippen LogP contribution is 2.29. The average molecular weight is 752 g/mol. The minimum absolute atomic E-state index is 0.0696. The van der Waals surface area contributed by atoms with Crippen LogP contribution in [-0.4, -0.2) is 62.0 Å². The van der Waals surface area contributed by atoms with Crippen molar-refractivity contribution >= 4 is 18.0 Å². The average Bonchev–Trinajstić information content (AvgIpc) is 3.18. The van der Waals surface area contributed by atoms with Gasteiger partial charge in [0.05, 0.1) is 26.0 Å². The second-order valence-corrected chi connectivity index (χ2v) is 14.4. The molecule has 4 rings (SSSR count). The molecular formula is C45H57N3O7. The number of hydrogen-bond donors (Lipinski definition) is 2. The van der Waals surface area contributed by atoms with Gasteiger partial charge in [0.25, 0.3) is 0 Å². The minimum atomic E-state index is -0.550. The predicted octanol–water partition coefficient (Wildman–Crippen LogP) is 8.89. The first-order chi connectivity index (χ1) is 26.6. The maximum Gasteiger partial charge on any atom is 0.407 e. The van der Waals surface area contributed by atoms with Gasteiger partial charge < -0.3 is 29.6 Å². The fourth-order valence-corrected chi connectivity index (χ4v) is 6.00.